The van der Waals surface area contributed by atoms with Gasteiger partial charge in [-0.2, -0.15) is 0 Å². The highest BCUT2D eigenvalue weighted by Crippen LogP contribution is 2.43. The summed E-state index contributed by atoms with van der Waals surface area (Å²) in [4.78, 5) is 4.15. The van der Waals surface area contributed by atoms with Gasteiger partial charge in [0.2, 0.25) is 0 Å². The molecule has 6 rings (SSSR count). The summed E-state index contributed by atoms with van der Waals surface area (Å²) in [5.41, 5.74) is 16.0. The van der Waals surface area contributed by atoms with E-state index >= 15 is 0 Å². The number of ether oxygens (including phenoxy) is 2. The van der Waals surface area contributed by atoms with Crippen LogP contribution in [-0.4, -0.2) is 41.7 Å². The molecule has 1 fully saturated rings. The zero-order chi connectivity index (χ0) is 30.6. The minimum Gasteiger partial charge on any atom is -0.507 e. The van der Waals surface area contributed by atoms with Gasteiger partial charge in [-0.15, -0.1) is 20.4 Å². The summed E-state index contributed by atoms with van der Waals surface area (Å²) < 4.78 is 12.4. The van der Waals surface area contributed by atoms with Crippen LogP contribution in [-0.2, 0) is 0 Å². The van der Waals surface area contributed by atoms with Crippen LogP contribution in [0.25, 0.3) is 22.5 Å². The van der Waals surface area contributed by atoms with Crippen molar-refractivity contribution in [1.29, 1.82) is 0 Å². The number of aromatic nitrogens is 5. The van der Waals surface area contributed by atoms with Gasteiger partial charge in [-0.05, 0) is 68.4 Å². The van der Waals surface area contributed by atoms with Gasteiger partial charge in [-0.1, -0.05) is 30.3 Å². The number of nitrogen functional groups attached to an aromatic ring is 2. The highest BCUT2D eigenvalue weighted by Gasteiger charge is 2.27. The predicted molar refractivity (Wildman–Crippen MR) is 166 cm³/mol. The Bertz CT molecular complexity index is 1760. The Morgan fingerprint density at radius 1 is 0.773 bits per heavy atom. The van der Waals surface area contributed by atoms with Crippen LogP contribution in [0.15, 0.2) is 79.1 Å². The Morgan fingerprint density at radius 3 is 2.18 bits per heavy atom. The van der Waals surface area contributed by atoms with Crippen molar-refractivity contribution in [2.75, 3.05) is 11.5 Å². The van der Waals surface area contributed by atoms with Crippen LogP contribution < -0.4 is 20.9 Å². The molecule has 3 heterocycles. The van der Waals surface area contributed by atoms with Gasteiger partial charge in [-0.25, -0.2) is 0 Å². The van der Waals surface area contributed by atoms with Gasteiger partial charge in [0.15, 0.2) is 23.1 Å². The van der Waals surface area contributed by atoms with Gasteiger partial charge in [0, 0.05) is 41.2 Å². The number of anilines is 2. The molecule has 11 nitrogen and oxygen atoms in total. The van der Waals surface area contributed by atoms with E-state index in [9.17, 15) is 10.2 Å². The molecule has 0 amide bonds. The van der Waals surface area contributed by atoms with Gasteiger partial charge in [0.05, 0.1) is 6.10 Å². The molecule has 0 saturated heterocycles. The first-order valence-corrected chi connectivity index (χ1v) is 14.5. The van der Waals surface area contributed by atoms with E-state index in [2.05, 4.69) is 25.4 Å². The fourth-order valence-corrected chi connectivity index (χ4v) is 5.55. The Balaban J connectivity index is 1.15. The van der Waals surface area contributed by atoms with Crippen molar-refractivity contribution in [3.05, 3.63) is 90.3 Å². The van der Waals surface area contributed by atoms with E-state index in [1.807, 2.05) is 43.3 Å². The number of phenolic OH excluding ortho intramolecular Hbond substituents is 2. The second kappa shape index (κ2) is 12.4. The van der Waals surface area contributed by atoms with E-state index in [1.54, 1.807) is 42.7 Å². The molecule has 2 aromatic carbocycles. The van der Waals surface area contributed by atoms with E-state index in [0.717, 1.165) is 36.8 Å². The lowest BCUT2D eigenvalue weighted by atomic mass is 9.81. The Morgan fingerprint density at radius 2 is 1.45 bits per heavy atom. The molecule has 11 heteroatoms. The highest BCUT2D eigenvalue weighted by molar-refractivity contribution is 5.71. The first kappa shape index (κ1) is 28.7. The molecule has 0 radical (unpaired) electrons. The molecule has 1 atom stereocenters. The third-order valence-electron chi connectivity index (χ3n) is 7.96. The fraction of sp³-hybridized carbons (Fsp3) is 0.242. The van der Waals surface area contributed by atoms with Crippen LogP contribution in [0.4, 0.5) is 11.6 Å². The second-order valence-electron chi connectivity index (χ2n) is 10.9. The molecular weight excluding hydrogens is 558 g/mol. The lowest BCUT2D eigenvalue weighted by molar-refractivity contribution is 0.146. The molecule has 0 bridgehead atoms. The van der Waals surface area contributed by atoms with Gasteiger partial charge < -0.3 is 31.2 Å². The van der Waals surface area contributed by atoms with Gasteiger partial charge >= 0.3 is 0 Å². The van der Waals surface area contributed by atoms with Crippen LogP contribution in [0.2, 0.25) is 0 Å². The van der Waals surface area contributed by atoms with E-state index < -0.39 is 0 Å². The molecule has 0 aliphatic heterocycles. The van der Waals surface area contributed by atoms with Crippen LogP contribution in [0.5, 0.6) is 23.0 Å². The fourth-order valence-electron chi connectivity index (χ4n) is 5.55. The van der Waals surface area contributed by atoms with Crippen molar-refractivity contribution >= 4 is 11.6 Å². The minimum absolute atomic E-state index is 0.0789. The number of para-hydroxylation sites is 2. The molecule has 224 valence electrons. The summed E-state index contributed by atoms with van der Waals surface area (Å²) in [5, 5.41) is 38.1. The number of nitrogens with two attached hydrogens (primary N) is 2. The second-order valence-corrected chi connectivity index (χ2v) is 10.9. The maximum absolute atomic E-state index is 11.4. The smallest absolute Gasteiger partial charge is 0.188 e. The molecule has 6 N–H and O–H groups in total. The first-order valence-electron chi connectivity index (χ1n) is 14.5. The molecular formula is C33H33N7O4. The lowest BCUT2D eigenvalue weighted by Gasteiger charge is -2.30. The largest absolute Gasteiger partial charge is 0.507 e. The van der Waals surface area contributed by atoms with Crippen LogP contribution in [0, 0.1) is 0 Å². The first-order chi connectivity index (χ1) is 21.4. The molecule has 0 spiro atoms. The third-order valence-corrected chi connectivity index (χ3v) is 7.96. The quantitative estimate of drug-likeness (QED) is 0.171. The number of hydrogen-bond acceptors (Lipinski definition) is 11. The number of aromatic hydroxyl groups is 2. The van der Waals surface area contributed by atoms with Crippen LogP contribution >= 0.6 is 0 Å². The zero-order valence-corrected chi connectivity index (χ0v) is 24.2. The Hall–Kier alpha value is -5.45. The van der Waals surface area contributed by atoms with Crippen LogP contribution in [0.1, 0.15) is 55.8 Å². The summed E-state index contributed by atoms with van der Waals surface area (Å²) in [5.74, 6) is 1.57. The molecule has 5 aromatic rings. The Kier molecular flexibility index (Phi) is 8.09. The van der Waals surface area contributed by atoms with E-state index in [-0.39, 0.29) is 41.3 Å². The highest BCUT2D eigenvalue weighted by atomic mass is 16.5. The number of hydrogen-bond donors (Lipinski definition) is 4. The summed E-state index contributed by atoms with van der Waals surface area (Å²) in [6, 6.07) is 19.8. The van der Waals surface area contributed by atoms with Crippen molar-refractivity contribution < 1.29 is 19.7 Å². The summed E-state index contributed by atoms with van der Waals surface area (Å²) in [6.07, 6.45) is 6.17. The SMILES string of the molecule is CC(Oc1cc(-c2cccc(C3CCC(Oc4cc(-c5ccccc5O)nnc4N)CC3)c2O)nnc1N)c1cccnc1. The Labute approximate surface area is 254 Å². The van der Waals surface area contributed by atoms with Gasteiger partial charge in [-0.3, -0.25) is 4.98 Å². The normalized spacial score (nSPS) is 17.1. The average molecular weight is 592 g/mol. The van der Waals surface area contributed by atoms with Gasteiger partial charge in [0.1, 0.15) is 29.0 Å². The number of benzene rings is 2. The van der Waals surface area contributed by atoms with Crippen molar-refractivity contribution in [1.82, 2.24) is 25.4 Å². The molecule has 1 aliphatic rings. The molecule has 44 heavy (non-hydrogen) atoms. The number of pyridine rings is 1. The zero-order valence-electron chi connectivity index (χ0n) is 24.2. The summed E-state index contributed by atoms with van der Waals surface area (Å²) in [7, 11) is 0. The van der Waals surface area contributed by atoms with Crippen molar-refractivity contribution in [2.24, 2.45) is 0 Å². The van der Waals surface area contributed by atoms with Crippen molar-refractivity contribution in [3.63, 3.8) is 0 Å². The minimum atomic E-state index is -0.309. The maximum Gasteiger partial charge on any atom is 0.188 e. The lowest BCUT2D eigenvalue weighted by Crippen LogP contribution is -2.24. The van der Waals surface area contributed by atoms with Crippen LogP contribution in [0.3, 0.4) is 0 Å². The maximum atomic E-state index is 11.4. The standard InChI is InChI=1S/C33H33N7O4/c1-19(21-6-5-15-36-18-21)43-29-17-27(38-39-32(29)34)25-9-4-8-23(31(25)42)20-11-13-22(14-12-20)44-30-16-26(37-40-33(30)35)24-7-2-3-10-28(24)41/h2-10,15-20,22,41-42H,11-14H2,1H3,(H2,34,39)(H2,35,40). The monoisotopic (exact) mass is 591 g/mol. The molecule has 3 aromatic heterocycles. The van der Waals surface area contributed by atoms with E-state index in [4.69, 9.17) is 20.9 Å². The average Bonchev–Trinajstić information content (AvgIpc) is 3.04. The molecule has 1 saturated carbocycles. The topological polar surface area (TPSA) is 175 Å². The summed E-state index contributed by atoms with van der Waals surface area (Å²) in [6.45, 7) is 1.90. The van der Waals surface area contributed by atoms with Crippen molar-refractivity contribution in [2.45, 2.75) is 50.7 Å². The summed E-state index contributed by atoms with van der Waals surface area (Å²) >= 11 is 0. The third kappa shape index (κ3) is 6.03. The number of rotatable bonds is 8. The van der Waals surface area contributed by atoms with Gasteiger partial charge in [0.25, 0.3) is 0 Å². The predicted octanol–water partition coefficient (Wildman–Crippen LogP) is 5.82. The van der Waals surface area contributed by atoms with Crippen molar-refractivity contribution in [3.8, 4) is 45.5 Å². The molecule has 1 unspecified atom stereocenters. The number of nitrogens with zero attached hydrogens (tertiary/aromatic N) is 5. The number of phenols is 2. The van der Waals surface area contributed by atoms with E-state index in [1.165, 1.54) is 0 Å². The molecule has 1 aliphatic carbocycles. The van der Waals surface area contributed by atoms with E-state index in [0.29, 0.717) is 34.0 Å².